The van der Waals surface area contributed by atoms with Crippen LogP contribution in [-0.4, -0.2) is 10.9 Å². The highest BCUT2D eigenvalue weighted by Crippen LogP contribution is 2.29. The number of hydrogen-bond donors (Lipinski definition) is 1. The van der Waals surface area contributed by atoms with Crippen LogP contribution in [0.4, 0.5) is 5.13 Å². The van der Waals surface area contributed by atoms with Gasteiger partial charge in [0.2, 0.25) is 0 Å². The summed E-state index contributed by atoms with van der Waals surface area (Å²) in [5.41, 5.74) is 2.04. The van der Waals surface area contributed by atoms with Crippen molar-refractivity contribution < 1.29 is 9.21 Å². The lowest BCUT2D eigenvalue weighted by atomic mass is 10.2. The van der Waals surface area contributed by atoms with Crippen LogP contribution in [0.3, 0.4) is 0 Å². The minimum atomic E-state index is -0.332. The van der Waals surface area contributed by atoms with Crippen LogP contribution in [0.1, 0.15) is 21.9 Å². The van der Waals surface area contributed by atoms with E-state index < -0.39 is 0 Å². The van der Waals surface area contributed by atoms with E-state index >= 15 is 0 Å². The molecule has 1 N–H and O–H groups in total. The van der Waals surface area contributed by atoms with Gasteiger partial charge in [0, 0.05) is 16.0 Å². The number of hydrogen-bond acceptors (Lipinski definition) is 4. The second kappa shape index (κ2) is 6.35. The molecular formula is C16H12Cl2N2O2S. The summed E-state index contributed by atoms with van der Waals surface area (Å²) in [5, 5.41) is 6.11. The molecule has 1 amide bonds. The number of amides is 1. The smallest absolute Gasteiger partial charge is 0.262 e. The number of furan rings is 1. The molecule has 0 spiro atoms. The lowest BCUT2D eigenvalue weighted by Gasteiger charge is -2.01. The van der Waals surface area contributed by atoms with Gasteiger partial charge in [0.15, 0.2) is 5.13 Å². The number of rotatable bonds is 3. The highest BCUT2D eigenvalue weighted by molar-refractivity contribution is 7.14. The van der Waals surface area contributed by atoms with Gasteiger partial charge in [0.05, 0.1) is 16.3 Å². The summed E-state index contributed by atoms with van der Waals surface area (Å²) >= 11 is 13.3. The number of carbonyl (C=O) groups excluding carboxylic acids is 1. The van der Waals surface area contributed by atoms with Crippen LogP contribution in [0.5, 0.6) is 0 Å². The molecule has 23 heavy (non-hydrogen) atoms. The lowest BCUT2D eigenvalue weighted by molar-refractivity contribution is 0.102. The topological polar surface area (TPSA) is 55.1 Å². The highest BCUT2D eigenvalue weighted by Gasteiger charge is 2.21. The number of nitrogens with zero attached hydrogens (tertiary/aromatic N) is 1. The fraction of sp³-hybridized carbons (Fsp3) is 0.125. The maximum Gasteiger partial charge on any atom is 0.262 e. The average Bonchev–Trinajstić information content (AvgIpc) is 3.05. The maximum absolute atomic E-state index is 12.4. The summed E-state index contributed by atoms with van der Waals surface area (Å²) in [7, 11) is 0. The minimum Gasteiger partial charge on any atom is -0.464 e. The van der Waals surface area contributed by atoms with E-state index in [1.807, 2.05) is 17.5 Å². The molecule has 0 saturated heterocycles. The van der Waals surface area contributed by atoms with Gasteiger partial charge in [-0.2, -0.15) is 0 Å². The van der Waals surface area contributed by atoms with Crippen LogP contribution in [0, 0.1) is 13.8 Å². The first-order valence-electron chi connectivity index (χ1n) is 6.74. The summed E-state index contributed by atoms with van der Waals surface area (Å²) in [4.78, 5) is 16.8. The molecule has 0 radical (unpaired) electrons. The fourth-order valence-corrected chi connectivity index (χ4v) is 3.26. The Labute approximate surface area is 147 Å². The number of aromatic nitrogens is 1. The van der Waals surface area contributed by atoms with Gasteiger partial charge >= 0.3 is 0 Å². The van der Waals surface area contributed by atoms with Crippen molar-refractivity contribution in [3.05, 3.63) is 56.8 Å². The molecule has 0 unspecified atom stereocenters. The second-order valence-electron chi connectivity index (χ2n) is 4.90. The number of anilines is 1. The van der Waals surface area contributed by atoms with Crippen molar-refractivity contribution in [3.8, 4) is 11.3 Å². The van der Waals surface area contributed by atoms with Crippen molar-refractivity contribution in [2.24, 2.45) is 0 Å². The number of aryl methyl sites for hydroxylation is 2. The number of nitrogens with one attached hydrogen (secondary N) is 1. The first-order valence-corrected chi connectivity index (χ1v) is 8.37. The van der Waals surface area contributed by atoms with Gasteiger partial charge in [-0.1, -0.05) is 35.3 Å². The van der Waals surface area contributed by atoms with Crippen LogP contribution < -0.4 is 5.32 Å². The Bertz CT molecular complexity index is 869. The number of thiazole rings is 1. The van der Waals surface area contributed by atoms with Crippen molar-refractivity contribution in [1.29, 1.82) is 0 Å². The zero-order chi connectivity index (χ0) is 16.6. The van der Waals surface area contributed by atoms with Crippen LogP contribution in [0.2, 0.25) is 10.0 Å². The molecule has 0 atom stereocenters. The van der Waals surface area contributed by atoms with Crippen molar-refractivity contribution in [1.82, 2.24) is 4.98 Å². The normalized spacial score (nSPS) is 10.8. The Kier molecular flexibility index (Phi) is 4.43. The molecule has 0 aliphatic heterocycles. The van der Waals surface area contributed by atoms with Crippen LogP contribution in [-0.2, 0) is 0 Å². The number of halogens is 2. The zero-order valence-corrected chi connectivity index (χ0v) is 14.6. The van der Waals surface area contributed by atoms with E-state index in [2.05, 4.69) is 10.3 Å². The van der Waals surface area contributed by atoms with Crippen LogP contribution in [0.25, 0.3) is 11.3 Å². The first-order chi connectivity index (χ1) is 11.0. The van der Waals surface area contributed by atoms with E-state index in [0.717, 1.165) is 11.3 Å². The SMILES string of the molecule is Cc1oc(C)c(C(=O)Nc2nc(-c3ccc(Cl)cc3)cs2)c1Cl. The van der Waals surface area contributed by atoms with Gasteiger partial charge in [-0.3, -0.25) is 10.1 Å². The fourth-order valence-electron chi connectivity index (χ4n) is 2.16. The molecule has 1 aromatic carbocycles. The first kappa shape index (κ1) is 16.1. The average molecular weight is 367 g/mol. The third-order valence-corrected chi connectivity index (χ3v) is 4.74. The maximum atomic E-state index is 12.4. The third-order valence-electron chi connectivity index (χ3n) is 3.28. The molecule has 0 aliphatic carbocycles. The van der Waals surface area contributed by atoms with E-state index in [0.29, 0.717) is 32.3 Å². The number of benzene rings is 1. The Hall–Kier alpha value is -1.82. The Morgan fingerprint density at radius 1 is 1.17 bits per heavy atom. The van der Waals surface area contributed by atoms with Crippen molar-refractivity contribution >= 4 is 45.6 Å². The molecule has 118 valence electrons. The van der Waals surface area contributed by atoms with Crippen molar-refractivity contribution in [3.63, 3.8) is 0 Å². The Balaban J connectivity index is 1.81. The zero-order valence-electron chi connectivity index (χ0n) is 12.3. The molecule has 3 rings (SSSR count). The largest absolute Gasteiger partial charge is 0.464 e. The molecule has 2 aromatic heterocycles. The molecule has 0 aliphatic rings. The van der Waals surface area contributed by atoms with E-state index in [4.69, 9.17) is 27.6 Å². The summed E-state index contributed by atoms with van der Waals surface area (Å²) in [5.74, 6) is 0.677. The van der Waals surface area contributed by atoms with Gasteiger partial charge in [-0.05, 0) is 26.0 Å². The quantitative estimate of drug-likeness (QED) is 0.658. The molecule has 7 heteroatoms. The minimum absolute atomic E-state index is 0.328. The molecule has 0 saturated carbocycles. The predicted octanol–water partition coefficient (Wildman–Crippen LogP) is 5.58. The summed E-state index contributed by atoms with van der Waals surface area (Å²) in [6, 6.07) is 7.35. The van der Waals surface area contributed by atoms with E-state index in [9.17, 15) is 4.79 Å². The monoisotopic (exact) mass is 366 g/mol. The standard InChI is InChI=1S/C16H12Cl2N2O2S/c1-8-13(14(18)9(2)22-8)15(21)20-16-19-12(7-23-16)10-3-5-11(17)6-4-10/h3-7H,1-2H3,(H,19,20,21). The molecule has 4 nitrogen and oxygen atoms in total. The summed E-state index contributed by atoms with van der Waals surface area (Å²) < 4.78 is 5.37. The lowest BCUT2D eigenvalue weighted by Crippen LogP contribution is -2.12. The van der Waals surface area contributed by atoms with Crippen LogP contribution >= 0.6 is 34.5 Å². The van der Waals surface area contributed by atoms with Gasteiger partial charge < -0.3 is 4.42 Å². The van der Waals surface area contributed by atoms with Gasteiger partial charge in [-0.25, -0.2) is 4.98 Å². The summed E-state index contributed by atoms with van der Waals surface area (Å²) in [6.07, 6.45) is 0. The van der Waals surface area contributed by atoms with Crippen LogP contribution in [0.15, 0.2) is 34.1 Å². The third kappa shape index (κ3) is 3.27. The molecule has 0 fully saturated rings. The number of carbonyl (C=O) groups is 1. The Morgan fingerprint density at radius 3 is 2.48 bits per heavy atom. The summed E-state index contributed by atoms with van der Waals surface area (Å²) in [6.45, 7) is 3.42. The van der Waals surface area contributed by atoms with E-state index in [-0.39, 0.29) is 5.91 Å². The van der Waals surface area contributed by atoms with Gasteiger partial charge in [0.25, 0.3) is 5.91 Å². The molecule has 2 heterocycles. The van der Waals surface area contributed by atoms with Gasteiger partial charge in [-0.15, -0.1) is 11.3 Å². The van der Waals surface area contributed by atoms with Gasteiger partial charge in [0.1, 0.15) is 11.5 Å². The van der Waals surface area contributed by atoms with E-state index in [1.54, 1.807) is 26.0 Å². The van der Waals surface area contributed by atoms with Crippen molar-refractivity contribution in [2.45, 2.75) is 13.8 Å². The van der Waals surface area contributed by atoms with E-state index in [1.165, 1.54) is 11.3 Å². The second-order valence-corrected chi connectivity index (χ2v) is 6.57. The molecule has 3 aromatic rings. The predicted molar refractivity (Wildman–Crippen MR) is 93.7 cm³/mol. The highest BCUT2D eigenvalue weighted by atomic mass is 35.5. The Morgan fingerprint density at radius 2 is 1.87 bits per heavy atom. The molecule has 0 bridgehead atoms. The molecular weight excluding hydrogens is 355 g/mol. The van der Waals surface area contributed by atoms with Crippen molar-refractivity contribution in [2.75, 3.05) is 5.32 Å².